The number of nitrogens with one attached hydrogen (secondary N) is 1. The molecule has 1 N–H and O–H groups in total. The van der Waals surface area contributed by atoms with Crippen LogP contribution in [0.15, 0.2) is 43.0 Å². The Morgan fingerprint density at radius 3 is 2.55 bits per heavy atom. The van der Waals surface area contributed by atoms with Crippen LogP contribution in [0.3, 0.4) is 0 Å². The van der Waals surface area contributed by atoms with Gasteiger partial charge in [0.25, 0.3) is 11.9 Å². The number of fused-ring (bicyclic) bond motifs is 1. The molecule has 3 atom stereocenters. The second-order valence-electron chi connectivity index (χ2n) is 7.51. The van der Waals surface area contributed by atoms with Crippen LogP contribution < -0.4 is 0 Å². The van der Waals surface area contributed by atoms with Gasteiger partial charge in [0.05, 0.1) is 6.04 Å². The van der Waals surface area contributed by atoms with Gasteiger partial charge in [-0.15, -0.1) is 15.3 Å². The second kappa shape index (κ2) is 6.80. The van der Waals surface area contributed by atoms with Gasteiger partial charge in [0, 0.05) is 38.4 Å². The van der Waals surface area contributed by atoms with Crippen molar-refractivity contribution < 1.29 is 9.59 Å². The third-order valence-electron chi connectivity index (χ3n) is 5.82. The number of aromatic nitrogens is 6. The van der Waals surface area contributed by atoms with Gasteiger partial charge in [-0.25, -0.2) is 0 Å². The van der Waals surface area contributed by atoms with Crippen molar-refractivity contribution >= 4 is 11.8 Å². The number of nitrogens with zero attached hydrogens (tertiary/aromatic N) is 7. The maximum absolute atomic E-state index is 13.0. The van der Waals surface area contributed by atoms with Crippen LogP contribution in [0.2, 0.25) is 0 Å². The zero-order chi connectivity index (χ0) is 20.0. The molecule has 2 aliphatic rings. The molecule has 5 rings (SSSR count). The van der Waals surface area contributed by atoms with Crippen molar-refractivity contribution in [3.05, 3.63) is 54.4 Å². The van der Waals surface area contributed by atoms with Crippen molar-refractivity contribution in [3.8, 4) is 5.95 Å². The molecule has 0 aliphatic carbocycles. The quantitative estimate of drug-likeness (QED) is 0.701. The number of H-pyrrole nitrogens is 1. The van der Waals surface area contributed by atoms with Crippen molar-refractivity contribution in [2.45, 2.75) is 13.0 Å². The number of aromatic amines is 1. The van der Waals surface area contributed by atoms with E-state index in [-0.39, 0.29) is 35.5 Å². The summed E-state index contributed by atoms with van der Waals surface area (Å²) >= 11 is 0. The molecule has 2 aromatic heterocycles. The molecule has 148 valence electrons. The van der Waals surface area contributed by atoms with Gasteiger partial charge in [0.1, 0.15) is 12.7 Å². The minimum absolute atomic E-state index is 0.0150. The molecule has 3 aromatic rings. The fourth-order valence-corrected chi connectivity index (χ4v) is 4.53. The van der Waals surface area contributed by atoms with E-state index in [1.54, 1.807) is 11.8 Å². The second-order valence-corrected chi connectivity index (χ2v) is 7.51. The molecule has 4 heterocycles. The summed E-state index contributed by atoms with van der Waals surface area (Å²) in [5.41, 5.74) is 1.11. The molecule has 10 nitrogen and oxygen atoms in total. The van der Waals surface area contributed by atoms with Gasteiger partial charge in [-0.2, -0.15) is 4.98 Å². The lowest BCUT2D eigenvalue weighted by molar-refractivity contribution is -0.130. The first-order valence-electron chi connectivity index (χ1n) is 9.50. The van der Waals surface area contributed by atoms with Crippen molar-refractivity contribution in [2.75, 3.05) is 19.6 Å². The maximum atomic E-state index is 13.0. The highest BCUT2D eigenvalue weighted by Gasteiger charge is 2.49. The third-order valence-corrected chi connectivity index (χ3v) is 5.82. The summed E-state index contributed by atoms with van der Waals surface area (Å²) in [6.07, 6.45) is 2.94. The van der Waals surface area contributed by atoms with Gasteiger partial charge in [-0.3, -0.25) is 19.3 Å². The van der Waals surface area contributed by atoms with Crippen molar-refractivity contribution in [3.63, 3.8) is 0 Å². The standard InChI is InChI=1S/C19H20N8O2/c1-12(28)27-8-14-7-25(9-15(14)16(27)13-5-3-2-4-6-13)18(29)17-22-19(24-23-17)26-10-20-21-11-26/h2-6,10-11,14-16H,7-9H2,1H3,(H,22,23,24)/t14-,15-,16+/m1/s1. The Balaban J connectivity index is 1.37. The van der Waals surface area contributed by atoms with Crippen molar-refractivity contribution in [2.24, 2.45) is 11.8 Å². The summed E-state index contributed by atoms with van der Waals surface area (Å²) < 4.78 is 1.53. The fourth-order valence-electron chi connectivity index (χ4n) is 4.53. The van der Waals surface area contributed by atoms with Gasteiger partial charge < -0.3 is 9.80 Å². The zero-order valence-electron chi connectivity index (χ0n) is 15.8. The van der Waals surface area contributed by atoms with Gasteiger partial charge in [-0.1, -0.05) is 30.3 Å². The average molecular weight is 392 g/mol. The molecule has 0 bridgehead atoms. The molecule has 2 fully saturated rings. The van der Waals surface area contributed by atoms with Crippen LogP contribution in [-0.2, 0) is 4.79 Å². The minimum atomic E-state index is -0.188. The summed E-state index contributed by atoms with van der Waals surface area (Å²) in [6.45, 7) is 3.45. The topological polar surface area (TPSA) is 113 Å². The highest BCUT2D eigenvalue weighted by Crippen LogP contribution is 2.45. The number of carbonyl (C=O) groups excluding carboxylic acids is 2. The Morgan fingerprint density at radius 2 is 1.83 bits per heavy atom. The number of amides is 2. The molecule has 0 radical (unpaired) electrons. The molecule has 1 aromatic carbocycles. The predicted octanol–water partition coefficient (Wildman–Crippen LogP) is 0.677. The Labute approximate surface area is 166 Å². The summed E-state index contributed by atoms with van der Waals surface area (Å²) in [5.74, 6) is 0.835. The van der Waals surface area contributed by atoms with E-state index in [4.69, 9.17) is 0 Å². The molecule has 2 amide bonds. The van der Waals surface area contributed by atoms with Gasteiger partial charge in [0.15, 0.2) is 0 Å². The van der Waals surface area contributed by atoms with Crippen molar-refractivity contribution in [1.82, 2.24) is 39.7 Å². The SMILES string of the molecule is CC(=O)N1C[C@H]2CN(C(=O)c3nc(-n4cnnc4)n[nH]3)C[C@H]2[C@@H]1c1ccccc1. The first kappa shape index (κ1) is 17.5. The molecular weight excluding hydrogens is 372 g/mol. The third kappa shape index (κ3) is 2.96. The van der Waals surface area contributed by atoms with E-state index in [0.717, 1.165) is 5.56 Å². The van der Waals surface area contributed by atoms with Gasteiger partial charge in [-0.05, 0) is 5.56 Å². The minimum Gasteiger partial charge on any atom is -0.335 e. The summed E-state index contributed by atoms with van der Waals surface area (Å²) in [5, 5.41) is 14.2. The van der Waals surface area contributed by atoms with Crippen LogP contribution >= 0.6 is 0 Å². The number of hydrogen-bond donors (Lipinski definition) is 1. The predicted molar refractivity (Wildman–Crippen MR) is 101 cm³/mol. The lowest BCUT2D eigenvalue weighted by atomic mass is 9.89. The highest BCUT2D eigenvalue weighted by molar-refractivity contribution is 5.90. The van der Waals surface area contributed by atoms with E-state index >= 15 is 0 Å². The first-order chi connectivity index (χ1) is 14.1. The van der Waals surface area contributed by atoms with E-state index in [0.29, 0.717) is 25.6 Å². The summed E-state index contributed by atoms with van der Waals surface area (Å²) in [6, 6.07) is 10.0. The molecular formula is C19H20N8O2. The monoisotopic (exact) mass is 392 g/mol. The number of hydrogen-bond acceptors (Lipinski definition) is 6. The molecule has 2 saturated heterocycles. The van der Waals surface area contributed by atoms with Gasteiger partial charge in [0.2, 0.25) is 11.7 Å². The van der Waals surface area contributed by atoms with E-state index < -0.39 is 0 Å². The van der Waals surface area contributed by atoms with E-state index in [1.807, 2.05) is 23.1 Å². The average Bonchev–Trinajstić information content (AvgIpc) is 3.51. The first-order valence-corrected chi connectivity index (χ1v) is 9.50. The maximum Gasteiger partial charge on any atom is 0.291 e. The number of carbonyl (C=O) groups is 2. The van der Waals surface area contributed by atoms with Crippen LogP contribution in [0.25, 0.3) is 5.95 Å². The van der Waals surface area contributed by atoms with E-state index in [2.05, 4.69) is 37.5 Å². The van der Waals surface area contributed by atoms with E-state index in [9.17, 15) is 9.59 Å². The molecule has 29 heavy (non-hydrogen) atoms. The molecule has 10 heteroatoms. The molecule has 2 aliphatic heterocycles. The fraction of sp³-hybridized carbons (Fsp3) is 0.368. The van der Waals surface area contributed by atoms with Crippen LogP contribution in [0.5, 0.6) is 0 Å². The molecule has 0 spiro atoms. The lowest BCUT2D eigenvalue weighted by Crippen LogP contribution is -2.36. The zero-order valence-corrected chi connectivity index (χ0v) is 15.8. The van der Waals surface area contributed by atoms with Crippen LogP contribution in [-0.4, -0.2) is 71.2 Å². The number of likely N-dealkylation sites (tertiary alicyclic amines) is 2. The Hall–Kier alpha value is -3.56. The normalized spacial score (nSPS) is 23.4. The van der Waals surface area contributed by atoms with Crippen LogP contribution in [0, 0.1) is 11.8 Å². The number of rotatable bonds is 3. The van der Waals surface area contributed by atoms with E-state index in [1.165, 1.54) is 17.2 Å². The molecule has 0 unspecified atom stereocenters. The smallest absolute Gasteiger partial charge is 0.291 e. The largest absolute Gasteiger partial charge is 0.335 e. The molecule has 0 saturated carbocycles. The van der Waals surface area contributed by atoms with Crippen molar-refractivity contribution in [1.29, 1.82) is 0 Å². The Bertz CT molecular complexity index is 1030. The van der Waals surface area contributed by atoms with Gasteiger partial charge >= 0.3 is 0 Å². The Morgan fingerprint density at radius 1 is 1.07 bits per heavy atom. The van der Waals surface area contributed by atoms with Crippen LogP contribution in [0.1, 0.15) is 29.1 Å². The lowest BCUT2D eigenvalue weighted by Gasteiger charge is -2.29. The Kier molecular flexibility index (Phi) is 4.11. The highest BCUT2D eigenvalue weighted by atomic mass is 16.2. The summed E-state index contributed by atoms with van der Waals surface area (Å²) in [4.78, 5) is 33.2. The van der Waals surface area contributed by atoms with Crippen LogP contribution in [0.4, 0.5) is 0 Å². The number of benzene rings is 1. The summed E-state index contributed by atoms with van der Waals surface area (Å²) in [7, 11) is 0.